The maximum atomic E-state index is 6.25. The smallest absolute Gasteiger partial charge is 0.226 e. The van der Waals surface area contributed by atoms with E-state index in [1.165, 1.54) is 0 Å². The van der Waals surface area contributed by atoms with Gasteiger partial charge >= 0.3 is 0 Å². The topological polar surface area (TPSA) is 67.6 Å². The predicted molar refractivity (Wildman–Crippen MR) is 140 cm³/mol. The number of aryl methyl sites for hydroxylation is 1. The molecular formula is C30H27N3O4. The summed E-state index contributed by atoms with van der Waals surface area (Å²) in [4.78, 5) is 4.74. The van der Waals surface area contributed by atoms with Crippen molar-refractivity contribution < 1.29 is 18.9 Å². The van der Waals surface area contributed by atoms with Crippen molar-refractivity contribution in [3.8, 4) is 23.0 Å². The Balaban J connectivity index is 1.34. The Morgan fingerprint density at radius 1 is 0.811 bits per heavy atom. The van der Waals surface area contributed by atoms with Gasteiger partial charge in [0, 0.05) is 24.1 Å². The number of hydrogen-bond donors (Lipinski definition) is 0. The average Bonchev–Trinajstić information content (AvgIpc) is 3.60. The summed E-state index contributed by atoms with van der Waals surface area (Å²) in [7, 11) is 1.93. The maximum absolute atomic E-state index is 6.25. The summed E-state index contributed by atoms with van der Waals surface area (Å²) in [5, 5.41) is 5.83. The van der Waals surface area contributed by atoms with Crippen LogP contribution in [-0.2, 0) is 29.7 Å². The summed E-state index contributed by atoms with van der Waals surface area (Å²) in [5.41, 5.74) is 5.67. The van der Waals surface area contributed by atoms with Gasteiger partial charge in [-0.05, 0) is 23.3 Å². The first kappa shape index (κ1) is 23.2. The molecule has 186 valence electrons. The molecule has 37 heavy (non-hydrogen) atoms. The second-order valence-electron chi connectivity index (χ2n) is 8.87. The summed E-state index contributed by atoms with van der Waals surface area (Å²) >= 11 is 0. The van der Waals surface area contributed by atoms with Crippen LogP contribution < -0.4 is 9.47 Å². The Morgan fingerprint density at radius 3 is 2.19 bits per heavy atom. The van der Waals surface area contributed by atoms with Crippen LogP contribution in [0, 0.1) is 0 Å². The van der Waals surface area contributed by atoms with Crippen LogP contribution in [0.1, 0.15) is 23.0 Å². The minimum atomic E-state index is -0.338. The molecule has 0 atom stereocenters. The van der Waals surface area contributed by atoms with Crippen LogP contribution in [0.5, 0.6) is 11.8 Å². The molecule has 3 heterocycles. The molecule has 0 amide bonds. The van der Waals surface area contributed by atoms with Gasteiger partial charge in [0.15, 0.2) is 6.29 Å². The quantitative estimate of drug-likeness (QED) is 0.271. The Labute approximate surface area is 215 Å². The van der Waals surface area contributed by atoms with Crippen LogP contribution >= 0.6 is 0 Å². The van der Waals surface area contributed by atoms with Crippen LogP contribution in [-0.4, -0.2) is 28.0 Å². The molecule has 1 aliphatic rings. The van der Waals surface area contributed by atoms with Gasteiger partial charge in [0.1, 0.15) is 18.9 Å². The molecule has 6 rings (SSSR count). The van der Waals surface area contributed by atoms with Gasteiger partial charge in [0.05, 0.1) is 24.3 Å². The molecule has 2 aromatic heterocycles. The van der Waals surface area contributed by atoms with Gasteiger partial charge in [-0.1, -0.05) is 72.8 Å². The number of fused-ring (bicyclic) bond motifs is 1. The van der Waals surface area contributed by atoms with E-state index in [9.17, 15) is 0 Å². The molecule has 1 aliphatic heterocycles. The van der Waals surface area contributed by atoms with E-state index < -0.39 is 0 Å². The summed E-state index contributed by atoms with van der Waals surface area (Å²) in [6.45, 7) is 2.01. The zero-order chi connectivity index (χ0) is 25.0. The second-order valence-corrected chi connectivity index (χ2v) is 8.87. The number of aromatic nitrogens is 3. The van der Waals surface area contributed by atoms with Crippen LogP contribution in [0.25, 0.3) is 22.2 Å². The van der Waals surface area contributed by atoms with E-state index in [1.54, 1.807) is 0 Å². The fourth-order valence-electron chi connectivity index (χ4n) is 4.42. The molecular weight excluding hydrogens is 466 g/mol. The van der Waals surface area contributed by atoms with E-state index in [4.69, 9.17) is 29.0 Å². The van der Waals surface area contributed by atoms with Crippen molar-refractivity contribution in [2.24, 2.45) is 7.05 Å². The predicted octanol–water partition coefficient (Wildman–Crippen LogP) is 5.84. The fourth-order valence-corrected chi connectivity index (χ4v) is 4.42. The van der Waals surface area contributed by atoms with Crippen molar-refractivity contribution >= 4 is 10.9 Å². The van der Waals surface area contributed by atoms with E-state index in [1.807, 2.05) is 90.6 Å². The SMILES string of the molecule is Cn1nc(-c2ccc(OCc3ccccc3)nc2OCc2ccccc2)c2ccc(C3OCCO3)cc21. The first-order valence-corrected chi connectivity index (χ1v) is 12.3. The molecule has 7 heteroatoms. The third-order valence-corrected chi connectivity index (χ3v) is 6.31. The third-order valence-electron chi connectivity index (χ3n) is 6.31. The molecule has 0 N–H and O–H groups in total. The van der Waals surface area contributed by atoms with E-state index in [2.05, 4.69) is 12.1 Å². The van der Waals surface area contributed by atoms with E-state index >= 15 is 0 Å². The largest absolute Gasteiger partial charge is 0.473 e. The number of hydrogen-bond acceptors (Lipinski definition) is 6. The maximum Gasteiger partial charge on any atom is 0.226 e. The Bertz CT molecular complexity index is 1500. The van der Waals surface area contributed by atoms with Gasteiger partial charge in [-0.2, -0.15) is 10.1 Å². The first-order valence-electron chi connectivity index (χ1n) is 12.3. The summed E-state index contributed by atoms with van der Waals surface area (Å²) in [6.07, 6.45) is -0.338. The van der Waals surface area contributed by atoms with Gasteiger partial charge < -0.3 is 18.9 Å². The number of benzene rings is 3. The zero-order valence-corrected chi connectivity index (χ0v) is 20.5. The molecule has 0 aliphatic carbocycles. The molecule has 0 saturated carbocycles. The first-order chi connectivity index (χ1) is 18.2. The van der Waals surface area contributed by atoms with Crippen molar-refractivity contribution in [2.45, 2.75) is 19.5 Å². The number of nitrogens with zero attached hydrogens (tertiary/aromatic N) is 3. The van der Waals surface area contributed by atoms with Gasteiger partial charge in [-0.15, -0.1) is 0 Å². The lowest BCUT2D eigenvalue weighted by Crippen LogP contribution is -2.02. The van der Waals surface area contributed by atoms with E-state index in [0.29, 0.717) is 38.2 Å². The Kier molecular flexibility index (Phi) is 6.54. The fraction of sp³-hybridized carbons (Fsp3) is 0.200. The van der Waals surface area contributed by atoms with Crippen molar-refractivity contribution in [1.82, 2.24) is 14.8 Å². The average molecular weight is 494 g/mol. The molecule has 1 saturated heterocycles. The normalized spacial score (nSPS) is 13.8. The van der Waals surface area contributed by atoms with E-state index in [-0.39, 0.29) is 6.29 Å². The lowest BCUT2D eigenvalue weighted by atomic mass is 10.1. The molecule has 0 unspecified atom stereocenters. The molecule has 0 bridgehead atoms. The number of rotatable bonds is 8. The summed E-state index contributed by atoms with van der Waals surface area (Å²) < 4.78 is 25.5. The number of ether oxygens (including phenoxy) is 4. The lowest BCUT2D eigenvalue weighted by Gasteiger charge is -2.13. The highest BCUT2D eigenvalue weighted by Gasteiger charge is 2.22. The third kappa shape index (κ3) is 5.05. The molecule has 3 aromatic carbocycles. The molecule has 1 fully saturated rings. The van der Waals surface area contributed by atoms with Crippen LogP contribution in [0.4, 0.5) is 0 Å². The minimum absolute atomic E-state index is 0.338. The zero-order valence-electron chi connectivity index (χ0n) is 20.5. The minimum Gasteiger partial charge on any atom is -0.473 e. The Morgan fingerprint density at radius 2 is 1.49 bits per heavy atom. The lowest BCUT2D eigenvalue weighted by molar-refractivity contribution is -0.0440. The van der Waals surface area contributed by atoms with Crippen molar-refractivity contribution in [1.29, 1.82) is 0 Å². The highest BCUT2D eigenvalue weighted by Crippen LogP contribution is 2.36. The standard InChI is InChI=1S/C30H27N3O4/c1-33-26-18-23(30-34-16-17-35-30)12-13-24(26)28(32-33)25-14-15-27(36-19-21-8-4-2-5-9-21)31-29(25)37-20-22-10-6-3-7-11-22/h2-15,18,30H,16-17,19-20H2,1H3. The van der Waals surface area contributed by atoms with Crippen LogP contribution in [0.3, 0.4) is 0 Å². The van der Waals surface area contributed by atoms with Crippen molar-refractivity contribution in [3.05, 3.63) is 108 Å². The highest BCUT2D eigenvalue weighted by molar-refractivity contribution is 5.94. The van der Waals surface area contributed by atoms with Crippen LogP contribution in [0.2, 0.25) is 0 Å². The monoisotopic (exact) mass is 493 g/mol. The van der Waals surface area contributed by atoms with Crippen LogP contribution in [0.15, 0.2) is 91.0 Å². The van der Waals surface area contributed by atoms with Gasteiger partial charge in [-0.3, -0.25) is 4.68 Å². The van der Waals surface area contributed by atoms with Gasteiger partial charge in [-0.25, -0.2) is 0 Å². The highest BCUT2D eigenvalue weighted by atomic mass is 16.7. The van der Waals surface area contributed by atoms with Gasteiger partial charge in [0.2, 0.25) is 11.8 Å². The number of pyridine rings is 1. The van der Waals surface area contributed by atoms with E-state index in [0.717, 1.165) is 38.9 Å². The van der Waals surface area contributed by atoms with Crippen molar-refractivity contribution in [3.63, 3.8) is 0 Å². The summed E-state index contributed by atoms with van der Waals surface area (Å²) in [5.74, 6) is 0.967. The molecule has 0 spiro atoms. The summed E-state index contributed by atoms with van der Waals surface area (Å²) in [6, 6.07) is 30.0. The second kappa shape index (κ2) is 10.4. The Hall–Kier alpha value is -4.20. The molecule has 7 nitrogen and oxygen atoms in total. The molecule has 5 aromatic rings. The van der Waals surface area contributed by atoms with Gasteiger partial charge in [0.25, 0.3) is 0 Å². The van der Waals surface area contributed by atoms with Crippen molar-refractivity contribution in [2.75, 3.05) is 13.2 Å². The molecule has 0 radical (unpaired) electrons.